The van der Waals surface area contributed by atoms with Gasteiger partial charge in [0.2, 0.25) is 0 Å². The summed E-state index contributed by atoms with van der Waals surface area (Å²) in [5.41, 5.74) is 0.310. The van der Waals surface area contributed by atoms with Gasteiger partial charge < -0.3 is 14.8 Å². The number of aromatic amines is 1. The zero-order valence-corrected chi connectivity index (χ0v) is 10.6. The Balaban J connectivity index is 0.000000240. The average molecular weight is 276 g/mol. The summed E-state index contributed by atoms with van der Waals surface area (Å²) in [6, 6.07) is 5.68. The lowest BCUT2D eigenvalue weighted by molar-refractivity contribution is 0.0600. The SMILES string of the molecule is COC(=O)c1cccc(C(=O)O)c1.O=Cc1ncc[nH]1. The van der Waals surface area contributed by atoms with Gasteiger partial charge in [0.25, 0.3) is 0 Å². The van der Waals surface area contributed by atoms with Crippen molar-refractivity contribution in [1.29, 1.82) is 0 Å². The number of H-pyrrole nitrogens is 1. The number of carboxylic acid groups (broad SMARTS) is 1. The highest BCUT2D eigenvalue weighted by molar-refractivity contribution is 5.94. The van der Waals surface area contributed by atoms with E-state index in [1.807, 2.05) is 0 Å². The summed E-state index contributed by atoms with van der Waals surface area (Å²) in [6.07, 6.45) is 3.80. The molecule has 1 aromatic carbocycles. The molecule has 0 aliphatic rings. The first-order valence-electron chi connectivity index (χ1n) is 5.44. The molecule has 1 heterocycles. The molecule has 2 N–H and O–H groups in total. The van der Waals surface area contributed by atoms with Gasteiger partial charge in [-0.05, 0) is 18.2 Å². The number of nitrogens with one attached hydrogen (secondary N) is 1. The summed E-state index contributed by atoms with van der Waals surface area (Å²) in [5, 5.41) is 8.61. The zero-order valence-electron chi connectivity index (χ0n) is 10.6. The van der Waals surface area contributed by atoms with Crippen LogP contribution in [0.25, 0.3) is 0 Å². The highest BCUT2D eigenvalue weighted by Crippen LogP contribution is 2.06. The molecule has 0 fully saturated rings. The number of carbonyl (C=O) groups is 3. The van der Waals surface area contributed by atoms with Gasteiger partial charge in [-0.15, -0.1) is 0 Å². The molecule has 7 heteroatoms. The fraction of sp³-hybridized carbons (Fsp3) is 0.0769. The number of hydrogen-bond donors (Lipinski definition) is 2. The van der Waals surface area contributed by atoms with Crippen LogP contribution in [0.5, 0.6) is 0 Å². The summed E-state index contributed by atoms with van der Waals surface area (Å²) in [6.45, 7) is 0. The van der Waals surface area contributed by atoms with Gasteiger partial charge >= 0.3 is 11.9 Å². The molecule has 20 heavy (non-hydrogen) atoms. The Kier molecular flexibility index (Phi) is 5.64. The van der Waals surface area contributed by atoms with E-state index in [-0.39, 0.29) is 11.1 Å². The smallest absolute Gasteiger partial charge is 0.337 e. The number of carbonyl (C=O) groups excluding carboxylic acids is 2. The van der Waals surface area contributed by atoms with Crippen molar-refractivity contribution in [3.05, 3.63) is 53.6 Å². The number of methoxy groups -OCH3 is 1. The topological polar surface area (TPSA) is 109 Å². The van der Waals surface area contributed by atoms with Crippen molar-refractivity contribution in [2.24, 2.45) is 0 Å². The van der Waals surface area contributed by atoms with Crippen molar-refractivity contribution >= 4 is 18.2 Å². The van der Waals surface area contributed by atoms with E-state index in [0.29, 0.717) is 12.1 Å². The largest absolute Gasteiger partial charge is 0.478 e. The lowest BCUT2D eigenvalue weighted by Gasteiger charge is -1.99. The molecule has 2 rings (SSSR count). The molecule has 0 saturated heterocycles. The van der Waals surface area contributed by atoms with Gasteiger partial charge in [0.1, 0.15) is 0 Å². The summed E-state index contributed by atoms with van der Waals surface area (Å²) < 4.78 is 4.44. The van der Waals surface area contributed by atoms with E-state index < -0.39 is 11.9 Å². The van der Waals surface area contributed by atoms with Gasteiger partial charge in [0.15, 0.2) is 12.1 Å². The predicted molar refractivity (Wildman–Crippen MR) is 68.7 cm³/mol. The van der Waals surface area contributed by atoms with Crippen molar-refractivity contribution < 1.29 is 24.2 Å². The Bertz CT molecular complexity index is 593. The third kappa shape index (κ3) is 4.37. The van der Waals surface area contributed by atoms with E-state index in [2.05, 4.69) is 14.7 Å². The molecule has 0 spiro atoms. The Labute approximate surface area is 114 Å². The molecule has 0 aliphatic carbocycles. The number of esters is 1. The minimum absolute atomic E-state index is 0.0721. The number of hydrogen-bond acceptors (Lipinski definition) is 5. The zero-order chi connectivity index (χ0) is 15.0. The third-order valence-electron chi connectivity index (χ3n) is 2.16. The van der Waals surface area contributed by atoms with Crippen molar-refractivity contribution in [2.45, 2.75) is 0 Å². The van der Waals surface area contributed by atoms with Crippen LogP contribution >= 0.6 is 0 Å². The Morgan fingerprint density at radius 1 is 1.35 bits per heavy atom. The van der Waals surface area contributed by atoms with Gasteiger partial charge in [0.05, 0.1) is 18.2 Å². The molecule has 0 bridgehead atoms. The van der Waals surface area contributed by atoms with Crippen LogP contribution in [0.2, 0.25) is 0 Å². The van der Waals surface area contributed by atoms with Crippen LogP contribution in [0.4, 0.5) is 0 Å². The molecule has 0 aliphatic heterocycles. The molecule has 0 unspecified atom stereocenters. The normalized spacial score (nSPS) is 9.05. The minimum Gasteiger partial charge on any atom is -0.478 e. The summed E-state index contributed by atoms with van der Waals surface area (Å²) in [5.74, 6) is -1.23. The maximum absolute atomic E-state index is 11.0. The number of aldehydes is 1. The van der Waals surface area contributed by atoms with E-state index in [9.17, 15) is 14.4 Å². The molecule has 0 radical (unpaired) electrons. The standard InChI is InChI=1S/C9H8O4.C4H4N2O/c1-13-9(12)7-4-2-3-6(5-7)8(10)11;7-3-4-5-1-2-6-4/h2-5H,1H3,(H,10,11);1-3H,(H,5,6). The molecule has 0 amide bonds. The first-order chi connectivity index (χ1) is 9.58. The molecule has 2 aromatic rings. The number of rotatable bonds is 3. The molecule has 0 saturated carbocycles. The maximum Gasteiger partial charge on any atom is 0.337 e. The molecule has 0 atom stereocenters. The number of ether oxygens (including phenoxy) is 1. The lowest BCUT2D eigenvalue weighted by atomic mass is 10.1. The Morgan fingerprint density at radius 3 is 2.50 bits per heavy atom. The number of aromatic nitrogens is 2. The average Bonchev–Trinajstić information content (AvgIpc) is 3.00. The van der Waals surface area contributed by atoms with Crippen LogP contribution < -0.4 is 0 Å². The molecule has 104 valence electrons. The number of aromatic carboxylic acids is 1. The quantitative estimate of drug-likeness (QED) is 0.647. The van der Waals surface area contributed by atoms with Gasteiger partial charge in [-0.2, -0.15) is 0 Å². The van der Waals surface area contributed by atoms with E-state index in [1.54, 1.807) is 6.20 Å². The number of nitrogens with zero attached hydrogens (tertiary/aromatic N) is 1. The fourth-order valence-electron chi connectivity index (χ4n) is 1.24. The maximum atomic E-state index is 11.0. The number of imidazole rings is 1. The second-order valence-electron chi connectivity index (χ2n) is 3.47. The summed E-state index contributed by atoms with van der Waals surface area (Å²) >= 11 is 0. The minimum atomic E-state index is -1.06. The second kappa shape index (κ2) is 7.47. The highest BCUT2D eigenvalue weighted by atomic mass is 16.5. The van der Waals surface area contributed by atoms with Crippen LogP contribution in [-0.4, -0.2) is 40.4 Å². The van der Waals surface area contributed by atoms with Crippen LogP contribution in [0, 0.1) is 0 Å². The van der Waals surface area contributed by atoms with E-state index >= 15 is 0 Å². The van der Waals surface area contributed by atoms with Crippen LogP contribution in [0.15, 0.2) is 36.7 Å². The van der Waals surface area contributed by atoms with Crippen LogP contribution in [0.1, 0.15) is 31.3 Å². The first kappa shape index (κ1) is 15.1. The van der Waals surface area contributed by atoms with Crippen molar-refractivity contribution in [1.82, 2.24) is 9.97 Å². The second-order valence-corrected chi connectivity index (χ2v) is 3.47. The first-order valence-corrected chi connectivity index (χ1v) is 5.44. The number of benzene rings is 1. The van der Waals surface area contributed by atoms with E-state index in [4.69, 9.17) is 5.11 Å². The van der Waals surface area contributed by atoms with Crippen molar-refractivity contribution in [3.63, 3.8) is 0 Å². The predicted octanol–water partition coefficient (Wildman–Crippen LogP) is 1.39. The molecular weight excluding hydrogens is 264 g/mol. The van der Waals surface area contributed by atoms with Gasteiger partial charge in [-0.1, -0.05) is 6.07 Å². The molecule has 1 aromatic heterocycles. The van der Waals surface area contributed by atoms with Gasteiger partial charge in [-0.3, -0.25) is 4.79 Å². The van der Waals surface area contributed by atoms with Crippen molar-refractivity contribution in [2.75, 3.05) is 7.11 Å². The summed E-state index contributed by atoms with van der Waals surface area (Å²) in [7, 11) is 1.25. The monoisotopic (exact) mass is 276 g/mol. The van der Waals surface area contributed by atoms with E-state index in [0.717, 1.165) is 0 Å². The fourth-order valence-corrected chi connectivity index (χ4v) is 1.24. The third-order valence-corrected chi connectivity index (χ3v) is 2.16. The number of carboxylic acids is 1. The highest BCUT2D eigenvalue weighted by Gasteiger charge is 2.08. The Morgan fingerprint density at radius 2 is 2.05 bits per heavy atom. The van der Waals surface area contributed by atoms with Crippen LogP contribution in [0.3, 0.4) is 0 Å². The molecule has 7 nitrogen and oxygen atoms in total. The van der Waals surface area contributed by atoms with Gasteiger partial charge in [-0.25, -0.2) is 14.6 Å². The lowest BCUT2D eigenvalue weighted by Crippen LogP contribution is -2.03. The molecular formula is C13H12N2O5. The Hall–Kier alpha value is -2.96. The van der Waals surface area contributed by atoms with E-state index in [1.165, 1.54) is 37.6 Å². The van der Waals surface area contributed by atoms with Crippen LogP contribution in [-0.2, 0) is 4.74 Å². The van der Waals surface area contributed by atoms with Gasteiger partial charge in [0, 0.05) is 12.4 Å². The summed E-state index contributed by atoms with van der Waals surface area (Å²) in [4.78, 5) is 37.5. The van der Waals surface area contributed by atoms with Crippen molar-refractivity contribution in [3.8, 4) is 0 Å².